The molecule has 0 fully saturated rings. The molecule has 1 heterocycles. The van der Waals surface area contributed by atoms with Crippen molar-refractivity contribution in [2.45, 2.75) is 62.5 Å². The molecule has 0 aliphatic carbocycles. The van der Waals surface area contributed by atoms with Crippen LogP contribution in [0.5, 0.6) is 0 Å². The molecule has 0 spiro atoms. The Morgan fingerprint density at radius 1 is 1.00 bits per heavy atom. The molecular weight excluding hydrogens is 526 g/mol. The predicted octanol–water partition coefficient (Wildman–Crippen LogP) is 5.49. The molecular formula is C31H39N3O3S2. The molecule has 1 N–H and O–H groups in total. The summed E-state index contributed by atoms with van der Waals surface area (Å²) in [5, 5.41) is 3.08. The second-order valence-electron chi connectivity index (χ2n) is 11.1. The van der Waals surface area contributed by atoms with Crippen LogP contribution in [0.25, 0.3) is 0 Å². The third-order valence-corrected chi connectivity index (χ3v) is 9.86. The topological polar surface area (TPSA) is 69.7 Å². The first-order chi connectivity index (χ1) is 18.5. The highest BCUT2D eigenvalue weighted by Crippen LogP contribution is 2.26. The number of nitrogens with one attached hydrogen (secondary N) is 1. The van der Waals surface area contributed by atoms with Gasteiger partial charge in [0.2, 0.25) is 10.0 Å². The van der Waals surface area contributed by atoms with E-state index in [1.165, 1.54) is 14.8 Å². The smallest absolute Gasteiger partial charge is 0.251 e. The summed E-state index contributed by atoms with van der Waals surface area (Å²) in [5.41, 5.74) is 4.82. The van der Waals surface area contributed by atoms with Gasteiger partial charge in [-0.15, -0.1) is 11.8 Å². The van der Waals surface area contributed by atoms with E-state index in [2.05, 4.69) is 61.5 Å². The summed E-state index contributed by atoms with van der Waals surface area (Å²) in [6, 6.07) is 21.2. The number of fused-ring (bicyclic) bond motifs is 1. The minimum Gasteiger partial charge on any atom is -0.351 e. The minimum atomic E-state index is -3.56. The molecule has 1 aliphatic heterocycles. The maximum absolute atomic E-state index is 13.1. The normalized spacial score (nSPS) is 14.3. The van der Waals surface area contributed by atoms with Gasteiger partial charge in [-0.05, 0) is 93.5 Å². The fraction of sp³-hybridized carbons (Fsp3) is 0.387. The molecule has 0 aromatic heterocycles. The zero-order valence-corrected chi connectivity index (χ0v) is 25.2. The zero-order valence-electron chi connectivity index (χ0n) is 23.5. The van der Waals surface area contributed by atoms with Crippen molar-refractivity contribution in [2.75, 3.05) is 25.9 Å². The van der Waals surface area contributed by atoms with Gasteiger partial charge in [0.15, 0.2) is 0 Å². The Morgan fingerprint density at radius 2 is 1.69 bits per heavy atom. The van der Waals surface area contributed by atoms with E-state index in [1.807, 2.05) is 31.2 Å². The first-order valence-corrected chi connectivity index (χ1v) is 16.0. The summed E-state index contributed by atoms with van der Waals surface area (Å²) in [4.78, 5) is 16.9. The Morgan fingerprint density at radius 3 is 2.33 bits per heavy atom. The van der Waals surface area contributed by atoms with Crippen molar-refractivity contribution in [1.29, 1.82) is 0 Å². The van der Waals surface area contributed by atoms with Gasteiger partial charge in [0.25, 0.3) is 5.91 Å². The van der Waals surface area contributed by atoms with E-state index in [1.54, 1.807) is 30.0 Å². The van der Waals surface area contributed by atoms with Crippen LogP contribution in [0.1, 0.15) is 53.4 Å². The first kappa shape index (κ1) is 29.3. The molecule has 0 saturated carbocycles. The highest BCUT2D eigenvalue weighted by Gasteiger charge is 2.29. The number of thioether (sulfide) groups is 1. The molecule has 8 heteroatoms. The zero-order chi connectivity index (χ0) is 28.2. The number of sulfonamides is 1. The Kier molecular flexibility index (Phi) is 9.21. The molecule has 208 valence electrons. The van der Waals surface area contributed by atoms with Crippen LogP contribution in [-0.4, -0.2) is 55.0 Å². The van der Waals surface area contributed by atoms with Crippen LogP contribution < -0.4 is 5.32 Å². The molecule has 3 aromatic carbocycles. The second kappa shape index (κ2) is 12.3. The van der Waals surface area contributed by atoms with Crippen molar-refractivity contribution >= 4 is 27.7 Å². The molecule has 0 atom stereocenters. The lowest BCUT2D eigenvalue weighted by Gasteiger charge is -2.36. The molecule has 3 aromatic rings. The van der Waals surface area contributed by atoms with E-state index >= 15 is 0 Å². The average molecular weight is 566 g/mol. The van der Waals surface area contributed by atoms with Crippen molar-refractivity contribution in [3.8, 4) is 0 Å². The van der Waals surface area contributed by atoms with E-state index in [9.17, 15) is 13.2 Å². The number of carbonyl (C=O) groups is 1. The third kappa shape index (κ3) is 7.31. The maximum atomic E-state index is 13.1. The maximum Gasteiger partial charge on any atom is 0.251 e. The molecule has 39 heavy (non-hydrogen) atoms. The summed E-state index contributed by atoms with van der Waals surface area (Å²) < 4.78 is 27.8. The van der Waals surface area contributed by atoms with Gasteiger partial charge in [0.05, 0.1) is 4.90 Å². The van der Waals surface area contributed by atoms with Crippen LogP contribution in [0.2, 0.25) is 0 Å². The van der Waals surface area contributed by atoms with Crippen molar-refractivity contribution in [1.82, 2.24) is 14.5 Å². The number of hydrogen-bond donors (Lipinski definition) is 1. The van der Waals surface area contributed by atoms with Crippen LogP contribution in [0.4, 0.5) is 0 Å². The van der Waals surface area contributed by atoms with Gasteiger partial charge >= 0.3 is 0 Å². The monoisotopic (exact) mass is 565 g/mol. The van der Waals surface area contributed by atoms with Crippen molar-refractivity contribution in [3.63, 3.8) is 0 Å². The second-order valence-corrected chi connectivity index (χ2v) is 13.9. The Bertz CT molecular complexity index is 1400. The Labute approximate surface area is 237 Å². The SMILES string of the molecule is CSc1ccc(CN(CCNC(=O)c2ccc3c(c2)CCN(S(=O)(=O)c2ccc(C)cc2)C3)C(C)(C)C)cc1. The summed E-state index contributed by atoms with van der Waals surface area (Å²) in [7, 11) is -3.56. The van der Waals surface area contributed by atoms with Gasteiger partial charge in [-0.25, -0.2) is 8.42 Å². The molecule has 4 rings (SSSR count). The lowest BCUT2D eigenvalue weighted by atomic mass is 9.98. The fourth-order valence-electron chi connectivity index (χ4n) is 4.74. The van der Waals surface area contributed by atoms with E-state index in [-0.39, 0.29) is 11.4 Å². The summed E-state index contributed by atoms with van der Waals surface area (Å²) in [6.45, 7) is 11.3. The molecule has 1 aliphatic rings. The Balaban J connectivity index is 1.36. The van der Waals surface area contributed by atoms with Gasteiger partial charge < -0.3 is 5.32 Å². The molecule has 0 radical (unpaired) electrons. The number of carbonyl (C=O) groups excluding carboxylic acids is 1. The van der Waals surface area contributed by atoms with Gasteiger partial charge in [-0.1, -0.05) is 35.9 Å². The van der Waals surface area contributed by atoms with E-state index in [4.69, 9.17) is 0 Å². The first-order valence-electron chi connectivity index (χ1n) is 13.3. The van der Waals surface area contributed by atoms with E-state index in [0.29, 0.717) is 36.5 Å². The van der Waals surface area contributed by atoms with Crippen molar-refractivity contribution in [3.05, 3.63) is 94.5 Å². The number of amides is 1. The highest BCUT2D eigenvalue weighted by atomic mass is 32.2. The lowest BCUT2D eigenvalue weighted by Crippen LogP contribution is -2.45. The van der Waals surface area contributed by atoms with Gasteiger partial charge in [-0.2, -0.15) is 4.31 Å². The molecule has 0 saturated heterocycles. The van der Waals surface area contributed by atoms with Crippen LogP contribution >= 0.6 is 11.8 Å². The largest absolute Gasteiger partial charge is 0.351 e. The van der Waals surface area contributed by atoms with Crippen LogP contribution in [0.15, 0.2) is 76.5 Å². The highest BCUT2D eigenvalue weighted by molar-refractivity contribution is 7.98. The van der Waals surface area contributed by atoms with E-state index < -0.39 is 10.0 Å². The van der Waals surface area contributed by atoms with Gasteiger partial charge in [-0.3, -0.25) is 9.69 Å². The molecule has 1 amide bonds. The summed E-state index contributed by atoms with van der Waals surface area (Å²) in [5.74, 6) is -0.106. The minimum absolute atomic E-state index is 0.0421. The van der Waals surface area contributed by atoms with Crippen molar-refractivity contribution < 1.29 is 13.2 Å². The average Bonchev–Trinajstić information content (AvgIpc) is 2.91. The molecule has 6 nitrogen and oxygen atoms in total. The van der Waals surface area contributed by atoms with Crippen LogP contribution in [0, 0.1) is 6.92 Å². The number of hydrogen-bond acceptors (Lipinski definition) is 5. The van der Waals surface area contributed by atoms with Crippen molar-refractivity contribution in [2.24, 2.45) is 0 Å². The van der Waals surface area contributed by atoms with Crippen LogP contribution in [-0.2, 0) is 29.5 Å². The number of aryl methyl sites for hydroxylation is 1. The standard InChI is InChI=1S/C31H39N3O3S2/c1-23-6-14-29(15-7-23)39(36,37)34-18-16-25-20-26(10-11-27(25)22-34)30(35)32-17-19-33(31(2,3)4)21-24-8-12-28(38-5)13-9-24/h6-15,20H,16-19,21-22H2,1-5H3,(H,32,35). The van der Waals surface area contributed by atoms with Gasteiger partial charge in [0.1, 0.15) is 0 Å². The van der Waals surface area contributed by atoms with Gasteiger partial charge in [0, 0.05) is 48.7 Å². The molecule has 0 unspecified atom stereocenters. The number of rotatable bonds is 9. The van der Waals surface area contributed by atoms with E-state index in [0.717, 1.165) is 29.8 Å². The number of benzene rings is 3. The fourth-order valence-corrected chi connectivity index (χ4v) is 6.57. The third-order valence-electron chi connectivity index (χ3n) is 7.25. The summed E-state index contributed by atoms with van der Waals surface area (Å²) in [6.07, 6.45) is 2.65. The molecule has 0 bridgehead atoms. The number of nitrogens with zero attached hydrogens (tertiary/aromatic N) is 2. The lowest BCUT2D eigenvalue weighted by molar-refractivity contribution is 0.0921. The van der Waals surface area contributed by atoms with Crippen LogP contribution in [0.3, 0.4) is 0 Å². The predicted molar refractivity (Wildman–Crippen MR) is 160 cm³/mol. The Hall–Kier alpha value is -2.65. The quantitative estimate of drug-likeness (QED) is 0.347. The summed E-state index contributed by atoms with van der Waals surface area (Å²) >= 11 is 1.74.